The average Bonchev–Trinajstić information content (AvgIpc) is 2.45. The van der Waals surface area contributed by atoms with Crippen molar-refractivity contribution in [3.05, 3.63) is 31.2 Å². The van der Waals surface area contributed by atoms with Gasteiger partial charge >= 0.3 is 0 Å². The SMILES string of the molecule is O=C1NCCNc2c([N+](=O)[O-])cc(Br)c(Cl)c21. The van der Waals surface area contributed by atoms with Crippen molar-refractivity contribution in [2.24, 2.45) is 0 Å². The standard InChI is InChI=1S/C9H7BrClN3O3/c10-4-3-5(14(16)17)8-6(7(4)11)9(15)13-2-1-12-8/h3,12H,1-2H2,(H,13,15). The van der Waals surface area contributed by atoms with E-state index in [0.29, 0.717) is 17.6 Å². The molecule has 0 aromatic heterocycles. The number of halogens is 2. The first-order chi connectivity index (χ1) is 8.02. The van der Waals surface area contributed by atoms with Gasteiger partial charge in [0, 0.05) is 23.6 Å². The first kappa shape index (κ1) is 12.1. The van der Waals surface area contributed by atoms with Crippen LogP contribution in [0.1, 0.15) is 10.4 Å². The van der Waals surface area contributed by atoms with Crippen LogP contribution in [0.3, 0.4) is 0 Å². The first-order valence-corrected chi connectivity index (χ1v) is 5.88. The number of nitrogens with one attached hydrogen (secondary N) is 2. The van der Waals surface area contributed by atoms with Gasteiger partial charge in [-0.3, -0.25) is 14.9 Å². The van der Waals surface area contributed by atoms with E-state index in [4.69, 9.17) is 11.6 Å². The number of fused-ring (bicyclic) bond motifs is 1. The molecule has 0 saturated heterocycles. The Morgan fingerprint density at radius 1 is 1.41 bits per heavy atom. The number of nitrogens with zero attached hydrogens (tertiary/aromatic N) is 1. The Balaban J connectivity index is 2.75. The highest BCUT2D eigenvalue weighted by molar-refractivity contribution is 9.10. The number of nitro groups is 1. The second kappa shape index (κ2) is 4.50. The second-order valence-electron chi connectivity index (χ2n) is 3.38. The summed E-state index contributed by atoms with van der Waals surface area (Å²) in [5.41, 5.74) is 0.0942. The van der Waals surface area contributed by atoms with E-state index in [0.717, 1.165) is 0 Å². The zero-order chi connectivity index (χ0) is 12.6. The third kappa shape index (κ3) is 2.07. The number of hydrogen-bond donors (Lipinski definition) is 2. The molecule has 0 atom stereocenters. The fourth-order valence-electron chi connectivity index (χ4n) is 1.60. The van der Waals surface area contributed by atoms with Gasteiger partial charge in [-0.05, 0) is 15.9 Å². The van der Waals surface area contributed by atoms with Crippen LogP contribution in [0.4, 0.5) is 11.4 Å². The summed E-state index contributed by atoms with van der Waals surface area (Å²) >= 11 is 9.09. The zero-order valence-corrected chi connectivity index (χ0v) is 10.8. The van der Waals surface area contributed by atoms with Crippen molar-refractivity contribution in [1.29, 1.82) is 0 Å². The Labute approximate surface area is 110 Å². The van der Waals surface area contributed by atoms with E-state index >= 15 is 0 Å². The molecule has 1 aromatic rings. The van der Waals surface area contributed by atoms with E-state index < -0.39 is 10.8 Å². The molecule has 2 rings (SSSR count). The number of carbonyl (C=O) groups is 1. The molecule has 0 saturated carbocycles. The fraction of sp³-hybridized carbons (Fsp3) is 0.222. The third-order valence-electron chi connectivity index (χ3n) is 2.33. The molecule has 0 fully saturated rings. The van der Waals surface area contributed by atoms with E-state index in [1.165, 1.54) is 6.07 Å². The van der Waals surface area contributed by atoms with Crippen LogP contribution in [0.25, 0.3) is 0 Å². The Morgan fingerprint density at radius 2 is 2.06 bits per heavy atom. The molecule has 90 valence electrons. The van der Waals surface area contributed by atoms with E-state index in [-0.39, 0.29) is 22.0 Å². The molecule has 1 aliphatic heterocycles. The largest absolute Gasteiger partial charge is 0.377 e. The fourth-order valence-corrected chi connectivity index (χ4v) is 2.25. The Bertz CT molecular complexity index is 521. The second-order valence-corrected chi connectivity index (χ2v) is 4.61. The van der Waals surface area contributed by atoms with Crippen molar-refractivity contribution in [2.75, 3.05) is 18.4 Å². The molecule has 17 heavy (non-hydrogen) atoms. The highest BCUT2D eigenvalue weighted by Crippen LogP contribution is 2.39. The summed E-state index contributed by atoms with van der Waals surface area (Å²) in [7, 11) is 0. The van der Waals surface area contributed by atoms with Crippen molar-refractivity contribution >= 4 is 44.8 Å². The summed E-state index contributed by atoms with van der Waals surface area (Å²) < 4.78 is 0.323. The Hall–Kier alpha value is -1.34. The van der Waals surface area contributed by atoms with Crippen LogP contribution < -0.4 is 10.6 Å². The molecule has 6 nitrogen and oxygen atoms in total. The van der Waals surface area contributed by atoms with Gasteiger partial charge in [0.2, 0.25) is 0 Å². The normalized spacial score (nSPS) is 14.4. The number of anilines is 1. The molecule has 8 heteroatoms. The maximum Gasteiger partial charge on any atom is 0.294 e. The number of amides is 1. The molecule has 0 aliphatic carbocycles. The van der Waals surface area contributed by atoms with Gasteiger partial charge in [0.05, 0.1) is 15.5 Å². The van der Waals surface area contributed by atoms with Gasteiger partial charge in [0.15, 0.2) is 0 Å². The van der Waals surface area contributed by atoms with Crippen LogP contribution >= 0.6 is 27.5 Å². The predicted octanol–water partition coefficient (Wildman–Crippen LogP) is 2.17. The predicted molar refractivity (Wildman–Crippen MR) is 66.6 cm³/mol. The van der Waals surface area contributed by atoms with E-state index in [9.17, 15) is 14.9 Å². The van der Waals surface area contributed by atoms with Gasteiger partial charge in [0.1, 0.15) is 5.69 Å². The zero-order valence-electron chi connectivity index (χ0n) is 8.42. The van der Waals surface area contributed by atoms with Gasteiger partial charge < -0.3 is 10.6 Å². The molecule has 1 heterocycles. The minimum atomic E-state index is -0.550. The van der Waals surface area contributed by atoms with Crippen LogP contribution in [-0.4, -0.2) is 23.9 Å². The molecule has 1 amide bonds. The van der Waals surface area contributed by atoms with Gasteiger partial charge in [-0.15, -0.1) is 0 Å². The third-order valence-corrected chi connectivity index (χ3v) is 3.58. The Kier molecular flexibility index (Phi) is 3.21. The molecular weight excluding hydrogens is 313 g/mol. The summed E-state index contributed by atoms with van der Waals surface area (Å²) in [4.78, 5) is 22.1. The highest BCUT2D eigenvalue weighted by Gasteiger charge is 2.28. The minimum absolute atomic E-state index is 0.102. The van der Waals surface area contributed by atoms with Crippen LogP contribution in [0, 0.1) is 10.1 Å². The molecule has 0 bridgehead atoms. The summed E-state index contributed by atoms with van der Waals surface area (Å²) in [6.45, 7) is 0.802. The first-order valence-electron chi connectivity index (χ1n) is 4.71. The molecule has 0 radical (unpaired) electrons. The van der Waals surface area contributed by atoms with E-state index in [1.807, 2.05) is 0 Å². The highest BCUT2D eigenvalue weighted by atomic mass is 79.9. The van der Waals surface area contributed by atoms with Crippen molar-refractivity contribution in [3.8, 4) is 0 Å². The van der Waals surface area contributed by atoms with E-state index in [1.54, 1.807) is 0 Å². The van der Waals surface area contributed by atoms with Gasteiger partial charge in [-0.1, -0.05) is 11.6 Å². The van der Waals surface area contributed by atoms with Gasteiger partial charge in [-0.2, -0.15) is 0 Å². The lowest BCUT2D eigenvalue weighted by Gasteiger charge is -2.09. The molecule has 2 N–H and O–H groups in total. The molecule has 0 spiro atoms. The molecule has 0 unspecified atom stereocenters. The summed E-state index contributed by atoms with van der Waals surface area (Å²) in [5, 5.41) is 16.5. The summed E-state index contributed by atoms with van der Waals surface area (Å²) in [5.74, 6) is -0.417. The monoisotopic (exact) mass is 319 g/mol. The smallest absolute Gasteiger partial charge is 0.294 e. The number of rotatable bonds is 1. The molecule has 1 aromatic carbocycles. The number of benzene rings is 1. The maximum atomic E-state index is 11.8. The summed E-state index contributed by atoms with van der Waals surface area (Å²) in [6.07, 6.45) is 0. The van der Waals surface area contributed by atoms with Gasteiger partial charge in [-0.25, -0.2) is 0 Å². The topological polar surface area (TPSA) is 84.3 Å². The van der Waals surface area contributed by atoms with Crippen molar-refractivity contribution < 1.29 is 9.72 Å². The number of hydrogen-bond acceptors (Lipinski definition) is 4. The van der Waals surface area contributed by atoms with Crippen molar-refractivity contribution in [2.45, 2.75) is 0 Å². The van der Waals surface area contributed by atoms with E-state index in [2.05, 4.69) is 26.6 Å². The molecular formula is C9H7BrClN3O3. The van der Waals surface area contributed by atoms with Crippen LogP contribution in [0.5, 0.6) is 0 Å². The van der Waals surface area contributed by atoms with Crippen LogP contribution in [-0.2, 0) is 0 Å². The van der Waals surface area contributed by atoms with Crippen LogP contribution in [0.2, 0.25) is 5.02 Å². The Morgan fingerprint density at radius 3 is 2.71 bits per heavy atom. The van der Waals surface area contributed by atoms with Crippen LogP contribution in [0.15, 0.2) is 10.5 Å². The quantitative estimate of drug-likeness (QED) is 0.613. The minimum Gasteiger partial charge on any atom is -0.377 e. The lowest BCUT2D eigenvalue weighted by Crippen LogP contribution is -2.24. The van der Waals surface area contributed by atoms with Crippen molar-refractivity contribution in [1.82, 2.24) is 5.32 Å². The lowest BCUT2D eigenvalue weighted by molar-refractivity contribution is -0.384. The summed E-state index contributed by atoms with van der Waals surface area (Å²) in [6, 6.07) is 1.28. The number of carbonyl (C=O) groups excluding carboxylic acids is 1. The van der Waals surface area contributed by atoms with Crippen molar-refractivity contribution in [3.63, 3.8) is 0 Å². The average molecular weight is 321 g/mol. The molecule has 1 aliphatic rings. The van der Waals surface area contributed by atoms with Gasteiger partial charge in [0.25, 0.3) is 11.6 Å². The number of nitro benzene ring substituents is 1. The maximum absolute atomic E-state index is 11.8. The lowest BCUT2D eigenvalue weighted by atomic mass is 10.1.